The summed E-state index contributed by atoms with van der Waals surface area (Å²) in [5, 5.41) is 8.63. The maximum absolute atomic E-state index is 12.2. The number of anilines is 1. The molecule has 0 radical (unpaired) electrons. The van der Waals surface area contributed by atoms with Crippen molar-refractivity contribution < 1.29 is 18.3 Å². The van der Waals surface area contributed by atoms with E-state index in [0.717, 1.165) is 4.90 Å². The first kappa shape index (κ1) is 14.7. The molecule has 0 atom stereocenters. The number of rotatable bonds is 4. The van der Waals surface area contributed by atoms with Crippen LogP contribution in [0.2, 0.25) is 0 Å². The van der Waals surface area contributed by atoms with Gasteiger partial charge in [0, 0.05) is 21.7 Å². The van der Waals surface area contributed by atoms with Gasteiger partial charge in [0.2, 0.25) is 10.0 Å². The predicted molar refractivity (Wildman–Crippen MR) is 78.3 cm³/mol. The van der Waals surface area contributed by atoms with E-state index in [9.17, 15) is 13.2 Å². The zero-order chi connectivity index (χ0) is 14.0. The van der Waals surface area contributed by atoms with E-state index >= 15 is 0 Å². The molecule has 0 saturated heterocycles. The second-order valence-electron chi connectivity index (χ2n) is 3.97. The van der Waals surface area contributed by atoms with Gasteiger partial charge in [-0.2, -0.15) is 0 Å². The van der Waals surface area contributed by atoms with Crippen LogP contribution in [0.3, 0.4) is 0 Å². The summed E-state index contributed by atoms with van der Waals surface area (Å²) < 4.78 is 26.5. The summed E-state index contributed by atoms with van der Waals surface area (Å²) >= 11 is 4.95. The van der Waals surface area contributed by atoms with E-state index in [1.165, 1.54) is 4.31 Å². The third-order valence-corrected chi connectivity index (χ3v) is 6.08. The Labute approximate surface area is 124 Å². The van der Waals surface area contributed by atoms with Gasteiger partial charge in [-0.3, -0.25) is 9.10 Å². The number of nitrogens with zero attached hydrogens (tertiary/aromatic N) is 1. The molecule has 5 nitrogen and oxygen atoms in total. The van der Waals surface area contributed by atoms with Crippen LogP contribution >= 0.6 is 27.7 Å². The molecule has 1 heterocycles. The molecule has 104 valence electrons. The second kappa shape index (κ2) is 5.72. The Morgan fingerprint density at radius 2 is 2.21 bits per heavy atom. The minimum Gasteiger partial charge on any atom is -0.481 e. The highest BCUT2D eigenvalue weighted by atomic mass is 79.9. The van der Waals surface area contributed by atoms with E-state index in [1.54, 1.807) is 17.8 Å². The third kappa shape index (κ3) is 3.24. The number of benzene rings is 1. The summed E-state index contributed by atoms with van der Waals surface area (Å²) in [5.41, 5.74) is 0.615. The van der Waals surface area contributed by atoms with Crippen molar-refractivity contribution in [3.8, 4) is 0 Å². The van der Waals surface area contributed by atoms with Crippen molar-refractivity contribution in [1.82, 2.24) is 0 Å². The Balaban J connectivity index is 2.36. The van der Waals surface area contributed by atoms with Gasteiger partial charge in [-0.25, -0.2) is 8.42 Å². The highest BCUT2D eigenvalue weighted by Crippen LogP contribution is 2.41. The molecule has 0 unspecified atom stereocenters. The van der Waals surface area contributed by atoms with Gasteiger partial charge in [-0.1, -0.05) is 6.07 Å². The second-order valence-corrected chi connectivity index (χ2v) is 7.97. The van der Waals surface area contributed by atoms with Crippen LogP contribution in [0, 0.1) is 0 Å². The molecule has 0 aliphatic carbocycles. The van der Waals surface area contributed by atoms with E-state index in [0.29, 0.717) is 22.5 Å². The number of aliphatic carboxylic acids is 1. The SMILES string of the molecule is O=C(O)CCS(=O)(=O)N1CCSc2cccc(Br)c21. The predicted octanol–water partition coefficient (Wildman–Crippen LogP) is 2.17. The zero-order valence-electron chi connectivity index (χ0n) is 9.87. The third-order valence-electron chi connectivity index (χ3n) is 2.66. The largest absolute Gasteiger partial charge is 0.481 e. The molecule has 2 rings (SSSR count). The number of fused-ring (bicyclic) bond motifs is 1. The number of carbonyl (C=O) groups is 1. The summed E-state index contributed by atoms with van der Waals surface area (Å²) in [5.74, 6) is -0.828. The molecule has 0 fully saturated rings. The van der Waals surface area contributed by atoms with Crippen molar-refractivity contribution in [1.29, 1.82) is 0 Å². The van der Waals surface area contributed by atoms with Gasteiger partial charge < -0.3 is 5.11 Å². The average molecular weight is 366 g/mol. The summed E-state index contributed by atoms with van der Waals surface area (Å²) in [6, 6.07) is 5.50. The highest BCUT2D eigenvalue weighted by molar-refractivity contribution is 9.10. The van der Waals surface area contributed by atoms with E-state index in [4.69, 9.17) is 5.11 Å². The average Bonchev–Trinajstić information content (AvgIpc) is 2.36. The molecule has 0 saturated carbocycles. The van der Waals surface area contributed by atoms with E-state index in [1.807, 2.05) is 12.1 Å². The summed E-state index contributed by atoms with van der Waals surface area (Å²) in [7, 11) is -3.61. The number of carboxylic acid groups (broad SMARTS) is 1. The zero-order valence-corrected chi connectivity index (χ0v) is 13.1. The van der Waals surface area contributed by atoms with Crippen LogP contribution in [0.15, 0.2) is 27.6 Å². The van der Waals surface area contributed by atoms with Crippen molar-refractivity contribution in [3.05, 3.63) is 22.7 Å². The molecule has 1 N–H and O–H groups in total. The molecule has 1 aliphatic rings. The molecule has 0 aromatic heterocycles. The fraction of sp³-hybridized carbons (Fsp3) is 0.364. The first-order valence-corrected chi connectivity index (χ1v) is 8.94. The monoisotopic (exact) mass is 365 g/mol. The summed E-state index contributed by atoms with van der Waals surface area (Å²) in [4.78, 5) is 11.4. The lowest BCUT2D eigenvalue weighted by Gasteiger charge is -2.30. The lowest BCUT2D eigenvalue weighted by molar-refractivity contribution is -0.136. The number of thioether (sulfide) groups is 1. The maximum atomic E-state index is 12.2. The molecule has 19 heavy (non-hydrogen) atoms. The number of para-hydroxylation sites is 1. The number of carboxylic acids is 1. The van der Waals surface area contributed by atoms with Crippen molar-refractivity contribution in [2.45, 2.75) is 11.3 Å². The lowest BCUT2D eigenvalue weighted by atomic mass is 10.3. The Hall–Kier alpha value is -0.730. The minimum atomic E-state index is -3.61. The molecule has 1 aromatic rings. The first-order valence-electron chi connectivity index (χ1n) is 5.55. The molecule has 0 amide bonds. The topological polar surface area (TPSA) is 74.7 Å². The van der Waals surface area contributed by atoms with Crippen LogP contribution in [0.25, 0.3) is 0 Å². The molecule has 0 spiro atoms. The van der Waals surface area contributed by atoms with Gasteiger partial charge in [0.25, 0.3) is 0 Å². The van der Waals surface area contributed by atoms with E-state index in [-0.39, 0.29) is 12.2 Å². The Bertz CT molecular complexity index is 603. The fourth-order valence-electron chi connectivity index (χ4n) is 1.81. The number of halogens is 1. The summed E-state index contributed by atoms with van der Waals surface area (Å²) in [6.07, 6.45) is -0.383. The quantitative estimate of drug-likeness (QED) is 0.884. The number of hydrogen-bond acceptors (Lipinski definition) is 4. The minimum absolute atomic E-state index is 0.363. The molecule has 1 aliphatic heterocycles. The fourth-order valence-corrected chi connectivity index (χ4v) is 5.33. The smallest absolute Gasteiger partial charge is 0.304 e. The molecule has 1 aromatic carbocycles. The van der Waals surface area contributed by atoms with Gasteiger partial charge in [0.1, 0.15) is 0 Å². The van der Waals surface area contributed by atoms with Crippen LogP contribution in [-0.2, 0) is 14.8 Å². The molecular weight excluding hydrogens is 354 g/mol. The van der Waals surface area contributed by atoms with Crippen LogP contribution in [-0.4, -0.2) is 37.5 Å². The molecular formula is C11H12BrNO4S2. The normalized spacial score (nSPS) is 15.1. The number of sulfonamides is 1. The Morgan fingerprint density at radius 3 is 2.89 bits per heavy atom. The Kier molecular flexibility index (Phi) is 4.42. The van der Waals surface area contributed by atoms with Crippen LogP contribution in [0.4, 0.5) is 5.69 Å². The van der Waals surface area contributed by atoms with Crippen molar-refractivity contribution in [2.24, 2.45) is 0 Å². The van der Waals surface area contributed by atoms with Gasteiger partial charge in [-0.15, -0.1) is 11.8 Å². The maximum Gasteiger partial charge on any atom is 0.304 e. The van der Waals surface area contributed by atoms with Gasteiger partial charge in [0.05, 0.1) is 17.9 Å². The first-order chi connectivity index (χ1) is 8.92. The van der Waals surface area contributed by atoms with Gasteiger partial charge in [-0.05, 0) is 28.1 Å². The van der Waals surface area contributed by atoms with Gasteiger partial charge >= 0.3 is 5.97 Å². The van der Waals surface area contributed by atoms with Crippen molar-refractivity contribution in [3.63, 3.8) is 0 Å². The number of hydrogen-bond donors (Lipinski definition) is 1. The summed E-state index contributed by atoms with van der Waals surface area (Å²) in [6.45, 7) is 0.363. The van der Waals surface area contributed by atoms with Crippen molar-refractivity contribution in [2.75, 3.05) is 22.4 Å². The highest BCUT2D eigenvalue weighted by Gasteiger charge is 2.29. The van der Waals surface area contributed by atoms with Crippen LogP contribution in [0.1, 0.15) is 6.42 Å². The van der Waals surface area contributed by atoms with Crippen LogP contribution < -0.4 is 4.31 Å². The van der Waals surface area contributed by atoms with Crippen molar-refractivity contribution >= 4 is 49.4 Å². The molecule has 0 bridgehead atoms. The van der Waals surface area contributed by atoms with Gasteiger partial charge in [0.15, 0.2) is 0 Å². The van der Waals surface area contributed by atoms with E-state index in [2.05, 4.69) is 15.9 Å². The Morgan fingerprint density at radius 1 is 1.47 bits per heavy atom. The molecule has 8 heteroatoms. The standard InChI is InChI=1S/C11H12BrNO4S2/c12-8-2-1-3-9-11(8)13(5-6-18-9)19(16,17)7-4-10(14)15/h1-3H,4-7H2,(H,14,15). The lowest BCUT2D eigenvalue weighted by Crippen LogP contribution is -2.37. The van der Waals surface area contributed by atoms with Crippen LogP contribution in [0.5, 0.6) is 0 Å². The van der Waals surface area contributed by atoms with E-state index < -0.39 is 16.0 Å².